The summed E-state index contributed by atoms with van der Waals surface area (Å²) in [5.41, 5.74) is 1.44. The highest BCUT2D eigenvalue weighted by molar-refractivity contribution is 7.92. The Morgan fingerprint density at radius 3 is 1.97 bits per heavy atom. The highest BCUT2D eigenvalue weighted by atomic mass is 32.2. The van der Waals surface area contributed by atoms with E-state index in [1.165, 1.54) is 24.3 Å². The van der Waals surface area contributed by atoms with Crippen LogP contribution < -0.4 is 4.72 Å². The molecule has 8 heteroatoms. The third kappa shape index (κ3) is 5.48. The van der Waals surface area contributed by atoms with Crippen molar-refractivity contribution in [2.24, 2.45) is 0 Å². The van der Waals surface area contributed by atoms with E-state index in [-0.39, 0.29) is 21.9 Å². The third-order valence-electron chi connectivity index (χ3n) is 5.85. The number of nitrogens with one attached hydrogen (secondary N) is 1. The van der Waals surface area contributed by atoms with Gasteiger partial charge >= 0.3 is 0 Å². The molecule has 0 spiro atoms. The quantitative estimate of drug-likeness (QED) is 0.609. The average molecular weight is 465 g/mol. The molecule has 0 aliphatic carbocycles. The first kappa shape index (κ1) is 23.8. The highest BCUT2D eigenvalue weighted by Gasteiger charge is 2.35. The Balaban J connectivity index is 1.75. The molecule has 0 radical (unpaired) electrons. The van der Waals surface area contributed by atoms with Gasteiger partial charge in [-0.1, -0.05) is 31.9 Å². The lowest BCUT2D eigenvalue weighted by molar-refractivity contribution is 0.204. The molecular weight excluding hydrogens is 432 g/mol. The van der Waals surface area contributed by atoms with Gasteiger partial charge in [0.1, 0.15) is 0 Å². The van der Waals surface area contributed by atoms with Crippen molar-refractivity contribution in [2.75, 3.05) is 4.72 Å². The van der Waals surface area contributed by atoms with Gasteiger partial charge in [0.25, 0.3) is 10.0 Å². The molecule has 1 heterocycles. The van der Waals surface area contributed by atoms with Crippen molar-refractivity contribution >= 4 is 25.7 Å². The Labute approximate surface area is 186 Å². The summed E-state index contributed by atoms with van der Waals surface area (Å²) < 4.78 is 55.8. The minimum atomic E-state index is -3.75. The fraction of sp³-hybridized carbons (Fsp3) is 0.478. The van der Waals surface area contributed by atoms with Crippen LogP contribution in [0.2, 0.25) is 0 Å². The number of anilines is 1. The van der Waals surface area contributed by atoms with Crippen LogP contribution in [0.4, 0.5) is 5.69 Å². The number of aryl methyl sites for hydroxylation is 1. The van der Waals surface area contributed by atoms with E-state index in [9.17, 15) is 16.8 Å². The van der Waals surface area contributed by atoms with E-state index in [0.29, 0.717) is 5.69 Å². The zero-order chi connectivity index (χ0) is 22.6. The van der Waals surface area contributed by atoms with Crippen LogP contribution in [0.1, 0.15) is 58.4 Å². The van der Waals surface area contributed by atoms with Gasteiger partial charge in [-0.15, -0.1) is 0 Å². The smallest absolute Gasteiger partial charge is 0.261 e. The molecule has 0 bridgehead atoms. The van der Waals surface area contributed by atoms with E-state index in [0.717, 1.165) is 44.1 Å². The van der Waals surface area contributed by atoms with Crippen molar-refractivity contribution in [3.8, 4) is 0 Å². The van der Waals surface area contributed by atoms with Gasteiger partial charge in [0.2, 0.25) is 10.0 Å². The van der Waals surface area contributed by atoms with Crippen molar-refractivity contribution < 1.29 is 16.8 Å². The summed E-state index contributed by atoms with van der Waals surface area (Å²) in [6.45, 7) is 5.99. The van der Waals surface area contributed by atoms with E-state index >= 15 is 0 Å². The molecule has 1 aliphatic heterocycles. The molecule has 0 saturated carbocycles. The Morgan fingerprint density at radius 1 is 0.871 bits per heavy atom. The third-order valence-corrected chi connectivity index (χ3v) is 9.39. The zero-order valence-electron chi connectivity index (χ0n) is 18.4. The van der Waals surface area contributed by atoms with Gasteiger partial charge in [-0.2, -0.15) is 4.31 Å². The molecule has 1 fully saturated rings. The molecule has 1 saturated heterocycles. The Kier molecular flexibility index (Phi) is 7.44. The summed E-state index contributed by atoms with van der Waals surface area (Å²) in [6.07, 6.45) is 5.79. The molecule has 2 atom stereocenters. The van der Waals surface area contributed by atoms with Gasteiger partial charge in [-0.25, -0.2) is 16.8 Å². The van der Waals surface area contributed by atoms with Gasteiger partial charge in [0.05, 0.1) is 9.79 Å². The number of benzene rings is 2. The second-order valence-corrected chi connectivity index (χ2v) is 11.9. The van der Waals surface area contributed by atoms with Crippen LogP contribution >= 0.6 is 0 Å². The first-order valence-electron chi connectivity index (χ1n) is 10.9. The van der Waals surface area contributed by atoms with Gasteiger partial charge in [-0.3, -0.25) is 4.72 Å². The zero-order valence-corrected chi connectivity index (χ0v) is 20.0. The van der Waals surface area contributed by atoms with Crippen molar-refractivity contribution in [3.05, 3.63) is 54.1 Å². The van der Waals surface area contributed by atoms with Crippen molar-refractivity contribution in [2.45, 2.75) is 81.2 Å². The van der Waals surface area contributed by atoms with Gasteiger partial charge in [0, 0.05) is 17.8 Å². The number of hydrogen-bond donors (Lipinski definition) is 1. The Hall–Kier alpha value is -1.90. The normalized spacial score (nSPS) is 20.5. The second kappa shape index (κ2) is 9.71. The first-order chi connectivity index (χ1) is 14.6. The summed E-state index contributed by atoms with van der Waals surface area (Å²) in [7, 11) is -7.38. The van der Waals surface area contributed by atoms with E-state index in [1.54, 1.807) is 16.4 Å². The average Bonchev–Trinajstić information content (AvgIpc) is 2.72. The number of sulfonamides is 2. The highest BCUT2D eigenvalue weighted by Crippen LogP contribution is 2.30. The Bertz CT molecular complexity index is 1070. The topological polar surface area (TPSA) is 83.5 Å². The number of nitrogens with zero attached hydrogens (tertiary/aromatic N) is 1. The fourth-order valence-corrected chi connectivity index (χ4v) is 7.06. The van der Waals surface area contributed by atoms with Gasteiger partial charge < -0.3 is 0 Å². The predicted molar refractivity (Wildman–Crippen MR) is 124 cm³/mol. The number of unbranched alkanes of at least 4 members (excludes halogenated alkanes) is 1. The molecule has 0 amide bonds. The van der Waals surface area contributed by atoms with Crippen molar-refractivity contribution in [1.29, 1.82) is 0 Å². The molecule has 1 aliphatic rings. The minimum Gasteiger partial charge on any atom is -0.280 e. The molecule has 0 aromatic heterocycles. The summed E-state index contributed by atoms with van der Waals surface area (Å²) in [5.74, 6) is 0. The molecule has 6 nitrogen and oxygen atoms in total. The van der Waals surface area contributed by atoms with Crippen LogP contribution in [0, 0.1) is 0 Å². The SMILES string of the molecule is CCCCc1ccc(S(=O)(=O)Nc2ccc(S(=O)(=O)N3[C@H](C)CCC[C@@H]3C)cc2)cc1. The molecule has 1 N–H and O–H groups in total. The van der Waals surface area contributed by atoms with Crippen LogP contribution in [0.15, 0.2) is 58.3 Å². The second-order valence-electron chi connectivity index (χ2n) is 8.34. The predicted octanol–water partition coefficient (Wildman–Crippen LogP) is 4.78. The maximum Gasteiger partial charge on any atom is 0.261 e. The van der Waals surface area contributed by atoms with Crippen molar-refractivity contribution in [3.63, 3.8) is 0 Å². The minimum absolute atomic E-state index is 0.0489. The maximum absolute atomic E-state index is 13.1. The molecule has 3 rings (SSSR count). The number of hydrogen-bond acceptors (Lipinski definition) is 4. The molecule has 0 unspecified atom stereocenters. The molecule has 2 aromatic carbocycles. The monoisotopic (exact) mass is 464 g/mol. The van der Waals surface area contributed by atoms with Crippen LogP contribution in [0.3, 0.4) is 0 Å². The lowest BCUT2D eigenvalue weighted by Gasteiger charge is -2.37. The lowest BCUT2D eigenvalue weighted by Crippen LogP contribution is -2.47. The van der Waals surface area contributed by atoms with E-state index < -0.39 is 20.0 Å². The van der Waals surface area contributed by atoms with Crippen LogP contribution in [0.5, 0.6) is 0 Å². The number of rotatable bonds is 8. The summed E-state index contributed by atoms with van der Waals surface area (Å²) in [4.78, 5) is 0.358. The molecule has 31 heavy (non-hydrogen) atoms. The lowest BCUT2D eigenvalue weighted by atomic mass is 10.0. The van der Waals surface area contributed by atoms with E-state index in [4.69, 9.17) is 0 Å². The summed E-state index contributed by atoms with van der Waals surface area (Å²) >= 11 is 0. The number of piperidine rings is 1. The van der Waals surface area contributed by atoms with Crippen LogP contribution in [-0.2, 0) is 26.5 Å². The Morgan fingerprint density at radius 2 is 1.42 bits per heavy atom. The van der Waals surface area contributed by atoms with Crippen LogP contribution in [0.25, 0.3) is 0 Å². The van der Waals surface area contributed by atoms with Crippen LogP contribution in [-0.4, -0.2) is 33.2 Å². The molecular formula is C23H32N2O4S2. The summed E-state index contributed by atoms with van der Waals surface area (Å²) in [5, 5.41) is 0. The maximum atomic E-state index is 13.1. The summed E-state index contributed by atoms with van der Waals surface area (Å²) in [6, 6.07) is 12.7. The standard InChI is InChI=1S/C23H32N2O4S2/c1-4-5-9-20-10-14-22(15-11-20)30(26,27)24-21-12-16-23(17-13-21)31(28,29)25-18(2)7-6-8-19(25)3/h10-19,24H,4-9H2,1-3H3/t18-,19+. The van der Waals surface area contributed by atoms with Gasteiger partial charge in [0.15, 0.2) is 0 Å². The van der Waals surface area contributed by atoms with Crippen molar-refractivity contribution in [1.82, 2.24) is 4.31 Å². The van der Waals surface area contributed by atoms with E-state index in [1.807, 2.05) is 26.0 Å². The largest absolute Gasteiger partial charge is 0.280 e. The molecule has 170 valence electrons. The molecule has 2 aromatic rings. The fourth-order valence-electron chi connectivity index (χ4n) is 4.12. The first-order valence-corrected chi connectivity index (χ1v) is 13.8. The van der Waals surface area contributed by atoms with E-state index in [2.05, 4.69) is 11.6 Å². The van der Waals surface area contributed by atoms with Gasteiger partial charge in [-0.05, 0) is 81.5 Å².